The number of amides is 1. The highest BCUT2D eigenvalue weighted by molar-refractivity contribution is 6.32. The van der Waals surface area contributed by atoms with Crippen LogP contribution in [0.5, 0.6) is 11.5 Å². The lowest BCUT2D eigenvalue weighted by Crippen LogP contribution is -2.17. The summed E-state index contributed by atoms with van der Waals surface area (Å²) in [5, 5.41) is 5.17. The fraction of sp³-hybridized carbons (Fsp3) is 0.143. The molecule has 0 fully saturated rings. The van der Waals surface area contributed by atoms with Crippen LogP contribution in [0, 0.1) is 19.3 Å². The molecule has 28 heavy (non-hydrogen) atoms. The zero-order valence-corrected chi connectivity index (χ0v) is 16.0. The molecule has 1 heterocycles. The molecule has 6 nitrogen and oxygen atoms in total. The van der Waals surface area contributed by atoms with E-state index in [4.69, 9.17) is 31.9 Å². The first kappa shape index (κ1) is 19.3. The number of carbonyl (C=O) groups is 1. The zero-order valence-electron chi connectivity index (χ0n) is 15.3. The molecule has 3 rings (SSSR count). The molecule has 0 bridgehead atoms. The normalized spacial score (nSPS) is 10.8. The summed E-state index contributed by atoms with van der Waals surface area (Å²) in [6, 6.07) is 10.7. The van der Waals surface area contributed by atoms with E-state index in [9.17, 15) is 4.79 Å². The van der Waals surface area contributed by atoms with Crippen molar-refractivity contribution >= 4 is 34.7 Å². The standard InChI is InChI=1S/C21H17ClN2O4/c1-4-9-27-20-16(22)10-14(11-18(20)26-3)12-23-24-21(25)19-13(2)15-7-5-6-8-17(15)28-19/h1,5-8,10-12H,9H2,2-3H3,(H,24,25)/b23-12-. The molecule has 0 spiro atoms. The Morgan fingerprint density at radius 3 is 2.89 bits per heavy atom. The number of nitrogens with zero attached hydrogens (tertiary/aromatic N) is 1. The number of hydrazone groups is 1. The smallest absolute Gasteiger partial charge is 0.307 e. The number of benzene rings is 2. The van der Waals surface area contributed by atoms with Crippen LogP contribution < -0.4 is 14.9 Å². The molecular weight excluding hydrogens is 380 g/mol. The van der Waals surface area contributed by atoms with Gasteiger partial charge in [0.05, 0.1) is 18.3 Å². The van der Waals surface area contributed by atoms with Crippen LogP contribution >= 0.6 is 11.6 Å². The molecule has 0 radical (unpaired) electrons. The number of halogens is 1. The quantitative estimate of drug-likeness (QED) is 0.385. The molecule has 0 aliphatic heterocycles. The van der Waals surface area contributed by atoms with Gasteiger partial charge >= 0.3 is 5.91 Å². The minimum absolute atomic E-state index is 0.0659. The van der Waals surface area contributed by atoms with Gasteiger partial charge in [0.15, 0.2) is 17.3 Å². The van der Waals surface area contributed by atoms with Crippen molar-refractivity contribution in [1.29, 1.82) is 0 Å². The van der Waals surface area contributed by atoms with Crippen LogP contribution in [0.4, 0.5) is 0 Å². The molecule has 0 aliphatic carbocycles. The third kappa shape index (κ3) is 3.95. The van der Waals surface area contributed by atoms with Gasteiger partial charge in [-0.3, -0.25) is 4.79 Å². The van der Waals surface area contributed by atoms with Crippen molar-refractivity contribution in [1.82, 2.24) is 5.43 Å². The van der Waals surface area contributed by atoms with Gasteiger partial charge in [-0.2, -0.15) is 5.10 Å². The molecule has 0 atom stereocenters. The lowest BCUT2D eigenvalue weighted by molar-refractivity contribution is 0.0929. The number of methoxy groups -OCH3 is 1. The Morgan fingerprint density at radius 2 is 2.18 bits per heavy atom. The van der Waals surface area contributed by atoms with Gasteiger partial charge in [-0.25, -0.2) is 5.43 Å². The summed E-state index contributed by atoms with van der Waals surface area (Å²) in [6.45, 7) is 1.89. The SMILES string of the molecule is C#CCOc1c(Cl)cc(/C=N\NC(=O)c2oc3ccccc3c2C)cc1OC. The maximum absolute atomic E-state index is 12.4. The lowest BCUT2D eigenvalue weighted by Gasteiger charge is -2.11. The van der Waals surface area contributed by atoms with Crippen molar-refractivity contribution in [3.63, 3.8) is 0 Å². The number of aryl methyl sites for hydroxylation is 1. The summed E-state index contributed by atoms with van der Waals surface area (Å²) < 4.78 is 16.3. The van der Waals surface area contributed by atoms with Gasteiger partial charge in [0.1, 0.15) is 12.2 Å². The van der Waals surface area contributed by atoms with E-state index in [1.807, 2.05) is 25.1 Å². The fourth-order valence-corrected chi connectivity index (χ4v) is 2.95. The minimum Gasteiger partial charge on any atom is -0.493 e. The highest BCUT2D eigenvalue weighted by Crippen LogP contribution is 2.36. The highest BCUT2D eigenvalue weighted by Gasteiger charge is 2.17. The van der Waals surface area contributed by atoms with Gasteiger partial charge in [-0.05, 0) is 30.7 Å². The number of hydrogen-bond acceptors (Lipinski definition) is 5. The number of carbonyl (C=O) groups excluding carboxylic acids is 1. The number of fused-ring (bicyclic) bond motifs is 1. The van der Waals surface area contributed by atoms with E-state index < -0.39 is 5.91 Å². The molecule has 2 aromatic carbocycles. The topological polar surface area (TPSA) is 73.1 Å². The molecular formula is C21H17ClN2O4. The predicted octanol–water partition coefficient (Wildman–Crippen LogP) is 4.18. The zero-order chi connectivity index (χ0) is 20.1. The third-order valence-corrected chi connectivity index (χ3v) is 4.26. The van der Waals surface area contributed by atoms with Crippen molar-refractivity contribution in [2.75, 3.05) is 13.7 Å². The Morgan fingerprint density at radius 1 is 1.39 bits per heavy atom. The van der Waals surface area contributed by atoms with Gasteiger partial charge in [0.2, 0.25) is 0 Å². The second-order valence-electron chi connectivity index (χ2n) is 5.78. The Labute approximate surface area is 167 Å². The Balaban J connectivity index is 1.76. The number of hydrogen-bond donors (Lipinski definition) is 1. The van der Waals surface area contributed by atoms with Crippen LogP contribution in [-0.4, -0.2) is 25.8 Å². The van der Waals surface area contributed by atoms with Crippen molar-refractivity contribution in [2.45, 2.75) is 6.92 Å². The third-order valence-electron chi connectivity index (χ3n) is 3.98. The van der Waals surface area contributed by atoms with Crippen molar-refractivity contribution < 1.29 is 18.7 Å². The largest absolute Gasteiger partial charge is 0.493 e. The first-order chi connectivity index (χ1) is 13.5. The monoisotopic (exact) mass is 396 g/mol. The minimum atomic E-state index is -0.447. The number of ether oxygens (including phenoxy) is 2. The summed E-state index contributed by atoms with van der Waals surface area (Å²) in [5.41, 5.74) is 4.46. The fourth-order valence-electron chi connectivity index (χ4n) is 2.68. The summed E-state index contributed by atoms with van der Waals surface area (Å²) in [6.07, 6.45) is 6.64. The molecule has 1 N–H and O–H groups in total. The second-order valence-corrected chi connectivity index (χ2v) is 6.19. The van der Waals surface area contributed by atoms with Crippen LogP contribution in [0.1, 0.15) is 21.7 Å². The maximum Gasteiger partial charge on any atom is 0.307 e. The van der Waals surface area contributed by atoms with Crippen LogP contribution in [0.15, 0.2) is 45.9 Å². The van der Waals surface area contributed by atoms with Crippen LogP contribution in [0.25, 0.3) is 11.0 Å². The Bertz CT molecular complexity index is 1100. The van der Waals surface area contributed by atoms with E-state index in [1.54, 1.807) is 18.2 Å². The molecule has 3 aromatic rings. The van der Waals surface area contributed by atoms with Crippen molar-refractivity contribution in [3.8, 4) is 23.8 Å². The average molecular weight is 397 g/mol. The summed E-state index contributed by atoms with van der Waals surface area (Å²) >= 11 is 6.21. The first-order valence-corrected chi connectivity index (χ1v) is 8.68. The molecule has 1 amide bonds. The molecule has 142 valence electrons. The van der Waals surface area contributed by atoms with E-state index in [2.05, 4.69) is 16.4 Å². The first-order valence-electron chi connectivity index (χ1n) is 8.30. The van der Waals surface area contributed by atoms with Gasteiger partial charge in [0, 0.05) is 10.9 Å². The van der Waals surface area contributed by atoms with E-state index in [0.717, 1.165) is 10.9 Å². The molecule has 0 unspecified atom stereocenters. The number of rotatable bonds is 6. The molecule has 7 heteroatoms. The Kier molecular flexibility index (Phi) is 5.87. The van der Waals surface area contributed by atoms with Crippen LogP contribution in [-0.2, 0) is 0 Å². The second kappa shape index (κ2) is 8.51. The van der Waals surface area contributed by atoms with Crippen LogP contribution in [0.3, 0.4) is 0 Å². The van der Waals surface area contributed by atoms with Gasteiger partial charge in [-0.15, -0.1) is 6.42 Å². The maximum atomic E-state index is 12.4. The Hall–Kier alpha value is -3.43. The van der Waals surface area contributed by atoms with Gasteiger partial charge in [-0.1, -0.05) is 35.7 Å². The van der Waals surface area contributed by atoms with E-state index in [1.165, 1.54) is 13.3 Å². The van der Waals surface area contributed by atoms with Gasteiger partial charge in [0.25, 0.3) is 0 Å². The summed E-state index contributed by atoms with van der Waals surface area (Å²) in [5.74, 6) is 2.89. The van der Waals surface area contributed by atoms with Crippen molar-refractivity contribution in [3.05, 3.63) is 58.3 Å². The molecule has 0 aliphatic rings. The van der Waals surface area contributed by atoms with Gasteiger partial charge < -0.3 is 13.9 Å². The van der Waals surface area contributed by atoms with Crippen LogP contribution in [0.2, 0.25) is 5.02 Å². The van der Waals surface area contributed by atoms with E-state index >= 15 is 0 Å². The molecule has 0 saturated carbocycles. The summed E-state index contributed by atoms with van der Waals surface area (Å²) in [7, 11) is 1.49. The number of furan rings is 1. The van der Waals surface area contributed by atoms with E-state index in [-0.39, 0.29) is 12.4 Å². The lowest BCUT2D eigenvalue weighted by atomic mass is 10.1. The highest BCUT2D eigenvalue weighted by atomic mass is 35.5. The van der Waals surface area contributed by atoms with E-state index in [0.29, 0.717) is 27.7 Å². The number of para-hydroxylation sites is 1. The molecule has 0 saturated heterocycles. The van der Waals surface area contributed by atoms with Crippen molar-refractivity contribution in [2.24, 2.45) is 5.10 Å². The number of nitrogens with one attached hydrogen (secondary N) is 1. The average Bonchev–Trinajstić information content (AvgIpc) is 3.04. The predicted molar refractivity (Wildman–Crippen MR) is 108 cm³/mol. The summed E-state index contributed by atoms with van der Waals surface area (Å²) in [4.78, 5) is 12.4. The molecule has 1 aromatic heterocycles. The number of terminal acetylenes is 1.